The highest BCUT2D eigenvalue weighted by Crippen LogP contribution is 2.33. The number of nitrogens with zero attached hydrogens (tertiary/aromatic N) is 1. The number of hydrogen-bond donors (Lipinski definition) is 0. The molecule has 4 rings (SSSR count). The van der Waals surface area contributed by atoms with E-state index in [4.69, 9.17) is 25.8 Å². The summed E-state index contributed by atoms with van der Waals surface area (Å²) in [7, 11) is 1.63. The van der Waals surface area contributed by atoms with Crippen LogP contribution in [0.4, 0.5) is 0 Å². The lowest BCUT2D eigenvalue weighted by Gasteiger charge is -2.29. The zero-order valence-corrected chi connectivity index (χ0v) is 15.3. The molecule has 1 amide bonds. The first-order chi connectivity index (χ1) is 12.6. The van der Waals surface area contributed by atoms with E-state index in [1.165, 1.54) is 0 Å². The summed E-state index contributed by atoms with van der Waals surface area (Å²) in [6.45, 7) is 1.90. The number of halogens is 1. The molecule has 0 saturated heterocycles. The average Bonchev–Trinajstić information content (AvgIpc) is 2.88. The third kappa shape index (κ3) is 3.31. The summed E-state index contributed by atoms with van der Waals surface area (Å²) < 4.78 is 16.8. The van der Waals surface area contributed by atoms with Gasteiger partial charge in [0.05, 0.1) is 19.6 Å². The summed E-state index contributed by atoms with van der Waals surface area (Å²) in [6.07, 6.45) is 0.665. The summed E-state index contributed by atoms with van der Waals surface area (Å²) in [5, 5.41) is 0.644. The van der Waals surface area contributed by atoms with Crippen LogP contribution in [0.1, 0.15) is 11.1 Å². The molecule has 1 unspecified atom stereocenters. The number of carbonyl (C=O) groups is 1. The van der Waals surface area contributed by atoms with Gasteiger partial charge < -0.3 is 19.1 Å². The van der Waals surface area contributed by atoms with E-state index in [1.54, 1.807) is 13.2 Å². The number of methoxy groups -OCH3 is 1. The topological polar surface area (TPSA) is 48.0 Å². The quantitative estimate of drug-likeness (QED) is 0.810. The summed E-state index contributed by atoms with van der Waals surface area (Å²) >= 11 is 6.10. The second-order valence-electron chi connectivity index (χ2n) is 6.55. The maximum atomic E-state index is 13.1. The normalized spacial score (nSPS) is 18.7. The number of fused-ring (bicyclic) bond motifs is 2. The van der Waals surface area contributed by atoms with Crippen LogP contribution in [0.15, 0.2) is 36.4 Å². The van der Waals surface area contributed by atoms with E-state index in [-0.39, 0.29) is 11.8 Å². The molecule has 26 heavy (non-hydrogen) atoms. The van der Waals surface area contributed by atoms with Gasteiger partial charge in [-0.25, -0.2) is 0 Å². The molecule has 0 aliphatic carbocycles. The van der Waals surface area contributed by atoms with E-state index in [9.17, 15) is 4.79 Å². The van der Waals surface area contributed by atoms with Gasteiger partial charge >= 0.3 is 0 Å². The molecular weight excluding hydrogens is 354 g/mol. The van der Waals surface area contributed by atoms with E-state index in [0.29, 0.717) is 37.7 Å². The smallest absolute Gasteiger partial charge is 0.229 e. The summed E-state index contributed by atoms with van der Waals surface area (Å²) in [5.41, 5.74) is 1.97. The minimum Gasteiger partial charge on any atom is -0.497 e. The Hall–Kier alpha value is -2.40. The van der Waals surface area contributed by atoms with Gasteiger partial charge in [-0.1, -0.05) is 17.7 Å². The van der Waals surface area contributed by atoms with Crippen LogP contribution in [-0.4, -0.2) is 37.7 Å². The van der Waals surface area contributed by atoms with E-state index >= 15 is 0 Å². The van der Waals surface area contributed by atoms with Crippen molar-refractivity contribution in [3.8, 4) is 17.2 Å². The Morgan fingerprint density at radius 2 is 2.04 bits per heavy atom. The fourth-order valence-corrected chi connectivity index (χ4v) is 3.64. The predicted octanol–water partition coefficient (Wildman–Crippen LogP) is 3.32. The molecule has 6 heteroatoms. The minimum absolute atomic E-state index is 0.0860. The molecule has 136 valence electrons. The number of carbonyl (C=O) groups excluding carboxylic acids is 1. The average molecular weight is 374 g/mol. The second kappa shape index (κ2) is 7.08. The first-order valence-corrected chi connectivity index (χ1v) is 9.01. The fourth-order valence-electron chi connectivity index (χ4n) is 3.45. The van der Waals surface area contributed by atoms with Crippen LogP contribution in [0.3, 0.4) is 0 Å². The Kier molecular flexibility index (Phi) is 4.64. The van der Waals surface area contributed by atoms with Crippen LogP contribution in [0, 0.1) is 5.92 Å². The predicted molar refractivity (Wildman–Crippen MR) is 98.0 cm³/mol. The molecule has 2 heterocycles. The Balaban J connectivity index is 1.50. The third-order valence-electron chi connectivity index (χ3n) is 4.84. The van der Waals surface area contributed by atoms with Crippen molar-refractivity contribution in [1.82, 2.24) is 4.90 Å². The van der Waals surface area contributed by atoms with Crippen LogP contribution in [-0.2, 0) is 17.8 Å². The van der Waals surface area contributed by atoms with Gasteiger partial charge in [0.2, 0.25) is 5.91 Å². The van der Waals surface area contributed by atoms with E-state index in [2.05, 4.69) is 0 Å². The maximum absolute atomic E-state index is 13.1. The maximum Gasteiger partial charge on any atom is 0.229 e. The zero-order chi connectivity index (χ0) is 18.1. The van der Waals surface area contributed by atoms with Gasteiger partial charge in [-0.05, 0) is 36.2 Å². The lowest BCUT2D eigenvalue weighted by molar-refractivity contribution is -0.137. The number of benzene rings is 2. The first kappa shape index (κ1) is 17.0. The first-order valence-electron chi connectivity index (χ1n) is 8.64. The van der Waals surface area contributed by atoms with Crippen molar-refractivity contribution in [3.05, 3.63) is 52.5 Å². The van der Waals surface area contributed by atoms with Gasteiger partial charge in [-0.15, -0.1) is 0 Å². The molecule has 0 aromatic heterocycles. The molecule has 1 atom stereocenters. The lowest BCUT2D eigenvalue weighted by Crippen LogP contribution is -2.41. The molecule has 2 aliphatic rings. The summed E-state index contributed by atoms with van der Waals surface area (Å²) in [5.74, 6) is 2.23. The zero-order valence-electron chi connectivity index (χ0n) is 14.5. The standard InChI is InChI=1S/C20H20ClNO4/c1-24-17-4-2-13-8-15(12-26-19(13)10-17)20(23)22-6-7-25-18-5-3-16(21)9-14(18)11-22/h2-5,9-10,15H,6-8,11-12H2,1H3. The van der Waals surface area contributed by atoms with Crippen LogP contribution in [0.2, 0.25) is 5.02 Å². The van der Waals surface area contributed by atoms with Gasteiger partial charge in [0, 0.05) is 23.2 Å². The highest BCUT2D eigenvalue weighted by atomic mass is 35.5. The Morgan fingerprint density at radius 3 is 2.88 bits per heavy atom. The largest absolute Gasteiger partial charge is 0.497 e. The van der Waals surface area contributed by atoms with E-state index in [1.807, 2.05) is 35.2 Å². The van der Waals surface area contributed by atoms with Crippen LogP contribution in [0.25, 0.3) is 0 Å². The number of rotatable bonds is 2. The fraction of sp³-hybridized carbons (Fsp3) is 0.350. The molecule has 2 aromatic rings. The van der Waals surface area contributed by atoms with Gasteiger partial charge in [-0.3, -0.25) is 4.79 Å². The van der Waals surface area contributed by atoms with Crippen molar-refractivity contribution < 1.29 is 19.0 Å². The summed E-state index contributed by atoms with van der Waals surface area (Å²) in [4.78, 5) is 14.9. The van der Waals surface area contributed by atoms with Crippen molar-refractivity contribution in [3.63, 3.8) is 0 Å². The Labute approximate surface area is 157 Å². The molecule has 0 spiro atoms. The Bertz CT molecular complexity index is 839. The highest BCUT2D eigenvalue weighted by Gasteiger charge is 2.31. The second-order valence-corrected chi connectivity index (χ2v) is 6.98. The van der Waals surface area contributed by atoms with Crippen LogP contribution in [0.5, 0.6) is 17.2 Å². The van der Waals surface area contributed by atoms with E-state index < -0.39 is 0 Å². The molecule has 2 aliphatic heterocycles. The van der Waals surface area contributed by atoms with Gasteiger partial charge in [-0.2, -0.15) is 0 Å². The molecule has 2 aromatic carbocycles. The van der Waals surface area contributed by atoms with Crippen LogP contribution < -0.4 is 14.2 Å². The van der Waals surface area contributed by atoms with E-state index in [0.717, 1.165) is 28.4 Å². The monoisotopic (exact) mass is 373 g/mol. The van der Waals surface area contributed by atoms with Gasteiger partial charge in [0.15, 0.2) is 0 Å². The number of amides is 1. The molecule has 0 saturated carbocycles. The number of ether oxygens (including phenoxy) is 3. The molecule has 0 bridgehead atoms. The van der Waals surface area contributed by atoms with Crippen molar-refractivity contribution >= 4 is 17.5 Å². The van der Waals surface area contributed by atoms with Crippen molar-refractivity contribution in [2.24, 2.45) is 5.92 Å². The van der Waals surface area contributed by atoms with Crippen molar-refractivity contribution in [2.45, 2.75) is 13.0 Å². The van der Waals surface area contributed by atoms with Gasteiger partial charge in [0.25, 0.3) is 0 Å². The molecular formula is C20H20ClNO4. The summed E-state index contributed by atoms with van der Waals surface area (Å²) in [6, 6.07) is 11.3. The molecule has 0 fully saturated rings. The Morgan fingerprint density at radius 1 is 1.15 bits per heavy atom. The molecule has 0 radical (unpaired) electrons. The van der Waals surface area contributed by atoms with Crippen molar-refractivity contribution in [2.75, 3.05) is 26.9 Å². The minimum atomic E-state index is -0.198. The van der Waals surface area contributed by atoms with Crippen LogP contribution >= 0.6 is 11.6 Å². The third-order valence-corrected chi connectivity index (χ3v) is 5.08. The highest BCUT2D eigenvalue weighted by molar-refractivity contribution is 6.30. The van der Waals surface area contributed by atoms with Crippen molar-refractivity contribution in [1.29, 1.82) is 0 Å². The molecule has 5 nitrogen and oxygen atoms in total. The SMILES string of the molecule is COc1ccc2c(c1)OCC(C(=O)N1CCOc3ccc(Cl)cc3C1)C2. The van der Waals surface area contributed by atoms with Gasteiger partial charge in [0.1, 0.15) is 30.5 Å². The number of hydrogen-bond acceptors (Lipinski definition) is 4. The lowest BCUT2D eigenvalue weighted by atomic mass is 9.95. The molecule has 0 N–H and O–H groups in total.